The van der Waals surface area contributed by atoms with Crippen molar-refractivity contribution in [3.05, 3.63) is 101 Å². The zero-order valence-corrected chi connectivity index (χ0v) is 19.6. The standard InChI is InChI=1S/C23H21BrN4O5/c1-11-18(21(29)27-25-11)20(19-12(2)26-28-22(19)30)13-8-9-16(17(10-13)32-3)33-23(31)14-6-4-5-7-15(14)24/h4-10,20H,1-3H3,(H2,25,27,29)(H2,26,28,30). The molecule has 170 valence electrons. The zero-order valence-electron chi connectivity index (χ0n) is 18.0. The first-order valence-electron chi connectivity index (χ1n) is 10.0. The van der Waals surface area contributed by atoms with Crippen molar-refractivity contribution >= 4 is 21.9 Å². The van der Waals surface area contributed by atoms with Crippen LogP contribution in [0.15, 0.2) is 56.5 Å². The summed E-state index contributed by atoms with van der Waals surface area (Å²) in [5.74, 6) is -0.745. The van der Waals surface area contributed by atoms with Gasteiger partial charge in [-0.15, -0.1) is 0 Å². The molecule has 2 aromatic carbocycles. The molecule has 33 heavy (non-hydrogen) atoms. The van der Waals surface area contributed by atoms with E-state index in [0.717, 1.165) is 0 Å². The first kappa shape index (κ1) is 22.4. The van der Waals surface area contributed by atoms with Gasteiger partial charge < -0.3 is 19.7 Å². The molecule has 0 aliphatic carbocycles. The van der Waals surface area contributed by atoms with E-state index >= 15 is 0 Å². The number of aromatic amines is 4. The van der Waals surface area contributed by atoms with Crippen molar-refractivity contribution in [2.75, 3.05) is 7.11 Å². The maximum absolute atomic E-state index is 12.7. The Hall–Kier alpha value is -3.79. The second kappa shape index (κ2) is 8.99. The van der Waals surface area contributed by atoms with Gasteiger partial charge in [0.05, 0.1) is 23.8 Å². The van der Waals surface area contributed by atoms with Gasteiger partial charge in [-0.1, -0.05) is 18.2 Å². The van der Waals surface area contributed by atoms with Crippen molar-refractivity contribution in [1.29, 1.82) is 0 Å². The summed E-state index contributed by atoms with van der Waals surface area (Å²) < 4.78 is 11.7. The highest BCUT2D eigenvalue weighted by Gasteiger charge is 2.29. The number of benzene rings is 2. The molecule has 0 aliphatic rings. The lowest BCUT2D eigenvalue weighted by Crippen LogP contribution is -2.20. The number of ether oxygens (including phenoxy) is 2. The van der Waals surface area contributed by atoms with E-state index in [-0.39, 0.29) is 22.6 Å². The summed E-state index contributed by atoms with van der Waals surface area (Å²) in [6.07, 6.45) is 0. The number of aromatic nitrogens is 4. The summed E-state index contributed by atoms with van der Waals surface area (Å²) in [6.45, 7) is 3.50. The molecular weight excluding hydrogens is 492 g/mol. The molecule has 0 aliphatic heterocycles. The molecule has 0 spiro atoms. The Morgan fingerprint density at radius 3 is 2.00 bits per heavy atom. The Kier molecular flexibility index (Phi) is 6.10. The van der Waals surface area contributed by atoms with Crippen LogP contribution in [0.2, 0.25) is 0 Å². The van der Waals surface area contributed by atoms with Crippen molar-refractivity contribution in [2.24, 2.45) is 0 Å². The number of methoxy groups -OCH3 is 1. The van der Waals surface area contributed by atoms with Crippen LogP contribution >= 0.6 is 15.9 Å². The number of halogens is 1. The number of carbonyl (C=O) groups excluding carboxylic acids is 1. The summed E-state index contributed by atoms with van der Waals surface area (Å²) in [6, 6.07) is 11.9. The second-order valence-electron chi connectivity index (χ2n) is 7.45. The molecule has 2 heterocycles. The van der Waals surface area contributed by atoms with E-state index in [9.17, 15) is 14.4 Å². The van der Waals surface area contributed by atoms with E-state index in [1.165, 1.54) is 7.11 Å². The zero-order chi connectivity index (χ0) is 23.7. The number of esters is 1. The molecule has 0 atom stereocenters. The average Bonchev–Trinajstić information content (AvgIpc) is 3.31. The number of H-pyrrole nitrogens is 4. The lowest BCUT2D eigenvalue weighted by molar-refractivity contribution is 0.0728. The Balaban J connectivity index is 1.80. The molecule has 0 unspecified atom stereocenters. The van der Waals surface area contributed by atoms with Crippen molar-refractivity contribution in [2.45, 2.75) is 19.8 Å². The Morgan fingerprint density at radius 1 is 0.879 bits per heavy atom. The largest absolute Gasteiger partial charge is 0.493 e. The van der Waals surface area contributed by atoms with Crippen LogP contribution in [0.5, 0.6) is 11.5 Å². The van der Waals surface area contributed by atoms with Crippen LogP contribution in [0.4, 0.5) is 0 Å². The monoisotopic (exact) mass is 512 g/mol. The van der Waals surface area contributed by atoms with Crippen LogP contribution in [0, 0.1) is 13.8 Å². The molecule has 2 aromatic heterocycles. The van der Waals surface area contributed by atoms with Gasteiger partial charge in [0.1, 0.15) is 0 Å². The van der Waals surface area contributed by atoms with E-state index < -0.39 is 11.9 Å². The molecule has 0 fully saturated rings. The van der Waals surface area contributed by atoms with Crippen molar-refractivity contribution in [3.63, 3.8) is 0 Å². The van der Waals surface area contributed by atoms with Gasteiger partial charge in [-0.2, -0.15) is 0 Å². The van der Waals surface area contributed by atoms with Gasteiger partial charge in [0.25, 0.3) is 11.1 Å². The maximum atomic E-state index is 12.7. The van der Waals surface area contributed by atoms with Crippen molar-refractivity contribution in [1.82, 2.24) is 20.4 Å². The number of hydrogen-bond acceptors (Lipinski definition) is 5. The molecule has 9 nitrogen and oxygen atoms in total. The van der Waals surface area contributed by atoms with E-state index in [2.05, 4.69) is 36.3 Å². The van der Waals surface area contributed by atoms with E-state index in [1.54, 1.807) is 56.3 Å². The summed E-state index contributed by atoms with van der Waals surface area (Å²) in [5.41, 5.74) is 2.34. The lowest BCUT2D eigenvalue weighted by atomic mass is 9.85. The highest BCUT2D eigenvalue weighted by molar-refractivity contribution is 9.10. The maximum Gasteiger partial charge on any atom is 0.344 e. The van der Waals surface area contributed by atoms with Crippen molar-refractivity contribution in [3.8, 4) is 11.5 Å². The minimum atomic E-state index is -0.683. The van der Waals surface area contributed by atoms with Gasteiger partial charge in [-0.25, -0.2) is 4.79 Å². The number of hydrogen-bond donors (Lipinski definition) is 4. The summed E-state index contributed by atoms with van der Waals surface area (Å²) in [7, 11) is 1.45. The molecule has 4 aromatic rings. The number of nitrogens with one attached hydrogen (secondary N) is 4. The predicted molar refractivity (Wildman–Crippen MR) is 125 cm³/mol. The second-order valence-corrected chi connectivity index (χ2v) is 8.30. The van der Waals surface area contributed by atoms with Crippen molar-refractivity contribution < 1.29 is 14.3 Å². The molecule has 0 radical (unpaired) electrons. The van der Waals surface area contributed by atoms with Gasteiger partial charge >= 0.3 is 5.97 Å². The summed E-state index contributed by atoms with van der Waals surface area (Å²) in [4.78, 5) is 37.9. The van der Waals surface area contributed by atoms with Crippen LogP contribution in [-0.4, -0.2) is 33.5 Å². The average molecular weight is 513 g/mol. The van der Waals surface area contributed by atoms with Crippen LogP contribution in [0.25, 0.3) is 0 Å². The Bertz CT molecular complexity index is 1390. The first-order valence-corrected chi connectivity index (χ1v) is 10.8. The fraction of sp³-hybridized carbons (Fsp3) is 0.174. The van der Waals surface area contributed by atoms with E-state index in [0.29, 0.717) is 38.1 Å². The topological polar surface area (TPSA) is 133 Å². The molecule has 10 heteroatoms. The third kappa shape index (κ3) is 4.17. The summed E-state index contributed by atoms with van der Waals surface area (Å²) in [5, 5.41) is 10.8. The lowest BCUT2D eigenvalue weighted by Gasteiger charge is -2.18. The van der Waals surface area contributed by atoms with Crippen LogP contribution in [0.1, 0.15) is 44.4 Å². The third-order valence-electron chi connectivity index (χ3n) is 5.42. The SMILES string of the molecule is COc1cc(C(c2c(C)[nH][nH]c2=O)c2c(C)[nH][nH]c2=O)ccc1OC(=O)c1ccccc1Br. The van der Waals surface area contributed by atoms with Gasteiger partial charge in [0.15, 0.2) is 11.5 Å². The van der Waals surface area contributed by atoms with Crippen LogP contribution in [0.3, 0.4) is 0 Å². The van der Waals surface area contributed by atoms with E-state index in [4.69, 9.17) is 9.47 Å². The molecule has 0 saturated heterocycles. The number of rotatable bonds is 6. The van der Waals surface area contributed by atoms with Gasteiger partial charge in [0.2, 0.25) is 0 Å². The Labute approximate surface area is 196 Å². The molecule has 4 N–H and O–H groups in total. The minimum Gasteiger partial charge on any atom is -0.493 e. The van der Waals surface area contributed by atoms with Gasteiger partial charge in [-0.3, -0.25) is 19.8 Å². The predicted octanol–water partition coefficient (Wildman–Crippen LogP) is 3.51. The smallest absolute Gasteiger partial charge is 0.344 e. The van der Waals surface area contributed by atoms with Gasteiger partial charge in [0, 0.05) is 21.8 Å². The minimum absolute atomic E-state index is 0.208. The van der Waals surface area contributed by atoms with E-state index in [1.807, 2.05) is 0 Å². The first-order chi connectivity index (χ1) is 15.8. The molecule has 0 saturated carbocycles. The molecule has 0 amide bonds. The highest BCUT2D eigenvalue weighted by atomic mass is 79.9. The molecule has 0 bridgehead atoms. The highest BCUT2D eigenvalue weighted by Crippen LogP contribution is 2.37. The quantitative estimate of drug-likeness (QED) is 0.231. The third-order valence-corrected chi connectivity index (χ3v) is 6.11. The fourth-order valence-electron chi connectivity index (χ4n) is 3.81. The van der Waals surface area contributed by atoms with Crippen LogP contribution in [-0.2, 0) is 0 Å². The molecular formula is C23H21BrN4O5. The van der Waals surface area contributed by atoms with Crippen LogP contribution < -0.4 is 20.6 Å². The Morgan fingerprint density at radius 2 is 1.48 bits per heavy atom. The fourth-order valence-corrected chi connectivity index (χ4v) is 4.26. The van der Waals surface area contributed by atoms with Gasteiger partial charge in [-0.05, 0) is 59.6 Å². The normalized spacial score (nSPS) is 11.1. The number of aryl methyl sites for hydroxylation is 2. The number of carbonyl (C=O) groups is 1. The molecule has 4 rings (SSSR count). The summed E-state index contributed by atoms with van der Waals surface area (Å²) >= 11 is 3.34.